The van der Waals surface area contributed by atoms with E-state index in [9.17, 15) is 13.6 Å². The van der Waals surface area contributed by atoms with Gasteiger partial charge in [-0.2, -0.15) is 0 Å². The third-order valence-corrected chi connectivity index (χ3v) is 5.36. The molecule has 5 nitrogen and oxygen atoms in total. The molecule has 3 aromatic rings. The monoisotopic (exact) mass is 416 g/mol. The molecule has 0 saturated carbocycles. The fourth-order valence-corrected chi connectivity index (χ4v) is 3.77. The molecule has 1 aliphatic rings. The van der Waals surface area contributed by atoms with E-state index in [1.165, 1.54) is 24.3 Å². The number of aromatic nitrogens is 2. The molecule has 0 spiro atoms. The summed E-state index contributed by atoms with van der Waals surface area (Å²) in [4.78, 5) is 19.2. The number of nitrogens with one attached hydrogen (secondary N) is 1. The maximum atomic E-state index is 14.0. The molecule has 1 aliphatic heterocycles. The van der Waals surface area contributed by atoms with Gasteiger partial charge in [0.05, 0.1) is 11.6 Å². The number of nitrogens with zero attached hydrogens (tertiary/aromatic N) is 3. The van der Waals surface area contributed by atoms with Gasteiger partial charge in [-0.3, -0.25) is 9.36 Å². The summed E-state index contributed by atoms with van der Waals surface area (Å²) >= 11 is 5.79. The molecule has 29 heavy (non-hydrogen) atoms. The summed E-state index contributed by atoms with van der Waals surface area (Å²) in [6, 6.07) is 10.3. The lowest BCUT2D eigenvalue weighted by molar-refractivity contribution is -0.140. The van der Waals surface area contributed by atoms with Crippen LogP contribution in [0, 0.1) is 11.6 Å². The Morgan fingerprint density at radius 3 is 2.48 bits per heavy atom. The van der Waals surface area contributed by atoms with Gasteiger partial charge in [-0.05, 0) is 56.3 Å². The molecule has 1 N–H and O–H groups in total. The predicted molar refractivity (Wildman–Crippen MR) is 108 cm³/mol. The summed E-state index contributed by atoms with van der Waals surface area (Å²) in [5.41, 5.74) is 0.767. The highest BCUT2D eigenvalue weighted by Gasteiger charge is 2.41. The lowest BCUT2D eigenvalue weighted by atomic mass is 10.0. The second kappa shape index (κ2) is 6.84. The standard InChI is InChI=1S/C21H19ClF2N4O/c1-21(2)20(29)27(3)11-17-26-18(12-4-6-13(23)7-5-12)19(28(17)21)25-14-8-9-15(22)16(24)10-14/h4-10,25H,11H2,1-3H3. The number of likely N-dealkylation sites (N-methyl/N-ethyl adjacent to an activating group) is 1. The van der Waals surface area contributed by atoms with Crippen molar-refractivity contribution in [1.82, 2.24) is 14.5 Å². The van der Waals surface area contributed by atoms with Gasteiger partial charge < -0.3 is 10.2 Å². The van der Waals surface area contributed by atoms with Crippen molar-refractivity contribution < 1.29 is 13.6 Å². The van der Waals surface area contributed by atoms with E-state index in [1.54, 1.807) is 44.0 Å². The smallest absolute Gasteiger partial charge is 0.248 e. The van der Waals surface area contributed by atoms with Gasteiger partial charge in [0.25, 0.3) is 0 Å². The highest BCUT2D eigenvalue weighted by Crippen LogP contribution is 2.39. The summed E-state index contributed by atoms with van der Waals surface area (Å²) in [7, 11) is 1.72. The van der Waals surface area contributed by atoms with Crippen LogP contribution in [-0.2, 0) is 16.9 Å². The molecule has 150 valence electrons. The number of carbonyl (C=O) groups is 1. The van der Waals surface area contributed by atoms with E-state index in [1.807, 2.05) is 4.57 Å². The van der Waals surface area contributed by atoms with Crippen LogP contribution in [0.25, 0.3) is 11.3 Å². The zero-order valence-corrected chi connectivity index (χ0v) is 16.9. The first-order valence-electron chi connectivity index (χ1n) is 9.04. The molecule has 0 saturated heterocycles. The third kappa shape index (κ3) is 3.25. The fourth-order valence-electron chi connectivity index (χ4n) is 3.66. The summed E-state index contributed by atoms with van der Waals surface area (Å²) in [6.07, 6.45) is 0. The lowest BCUT2D eigenvalue weighted by Crippen LogP contribution is -2.50. The van der Waals surface area contributed by atoms with Gasteiger partial charge in [-0.1, -0.05) is 11.6 Å². The molecule has 2 heterocycles. The third-order valence-electron chi connectivity index (χ3n) is 5.05. The molecule has 0 atom stereocenters. The Labute approximate surface area is 171 Å². The normalized spacial score (nSPS) is 15.4. The first-order valence-corrected chi connectivity index (χ1v) is 9.42. The van der Waals surface area contributed by atoms with Crippen molar-refractivity contribution in [2.24, 2.45) is 0 Å². The van der Waals surface area contributed by atoms with E-state index >= 15 is 0 Å². The van der Waals surface area contributed by atoms with Crippen molar-refractivity contribution in [3.05, 3.63) is 64.9 Å². The number of hydrogen-bond donors (Lipinski definition) is 1. The molecule has 0 bridgehead atoms. The van der Waals surface area contributed by atoms with Crippen LogP contribution in [0.3, 0.4) is 0 Å². The molecular weight excluding hydrogens is 398 g/mol. The van der Waals surface area contributed by atoms with Crippen LogP contribution in [0.5, 0.6) is 0 Å². The zero-order chi connectivity index (χ0) is 20.9. The van der Waals surface area contributed by atoms with Gasteiger partial charge in [0.15, 0.2) is 0 Å². The van der Waals surface area contributed by atoms with E-state index in [2.05, 4.69) is 5.32 Å². The number of fused-ring (bicyclic) bond motifs is 1. The number of hydrogen-bond acceptors (Lipinski definition) is 3. The Bertz CT molecular complexity index is 1110. The Morgan fingerprint density at radius 2 is 1.83 bits per heavy atom. The molecule has 2 aromatic carbocycles. The largest absolute Gasteiger partial charge is 0.340 e. The number of halogens is 3. The van der Waals surface area contributed by atoms with Gasteiger partial charge in [-0.15, -0.1) is 0 Å². The maximum Gasteiger partial charge on any atom is 0.248 e. The van der Waals surface area contributed by atoms with Crippen LogP contribution in [0.1, 0.15) is 19.7 Å². The Morgan fingerprint density at radius 1 is 1.14 bits per heavy atom. The first-order chi connectivity index (χ1) is 13.7. The highest BCUT2D eigenvalue weighted by molar-refractivity contribution is 6.30. The van der Waals surface area contributed by atoms with E-state index in [4.69, 9.17) is 16.6 Å². The molecule has 0 fully saturated rings. The predicted octanol–water partition coefficient (Wildman–Crippen LogP) is 4.93. The van der Waals surface area contributed by atoms with Gasteiger partial charge in [0.2, 0.25) is 5.91 Å². The number of carbonyl (C=O) groups excluding carboxylic acids is 1. The molecule has 1 aromatic heterocycles. The van der Waals surface area contributed by atoms with E-state index in [-0.39, 0.29) is 16.7 Å². The maximum absolute atomic E-state index is 14.0. The van der Waals surface area contributed by atoms with Crippen LogP contribution >= 0.6 is 11.6 Å². The van der Waals surface area contributed by atoms with Gasteiger partial charge in [0.1, 0.15) is 34.5 Å². The summed E-state index contributed by atoms with van der Waals surface area (Å²) < 4.78 is 29.2. The van der Waals surface area contributed by atoms with Gasteiger partial charge in [-0.25, -0.2) is 13.8 Å². The van der Waals surface area contributed by atoms with Crippen molar-refractivity contribution >= 4 is 29.0 Å². The number of rotatable bonds is 3. The number of anilines is 2. The zero-order valence-electron chi connectivity index (χ0n) is 16.1. The van der Waals surface area contributed by atoms with Gasteiger partial charge >= 0.3 is 0 Å². The fraction of sp³-hybridized carbons (Fsp3) is 0.238. The lowest BCUT2D eigenvalue weighted by Gasteiger charge is -2.37. The van der Waals surface area contributed by atoms with Crippen molar-refractivity contribution in [3.8, 4) is 11.3 Å². The Kier molecular flexibility index (Phi) is 4.58. The second-order valence-corrected chi connectivity index (χ2v) is 7.95. The minimum Gasteiger partial charge on any atom is -0.340 e. The van der Waals surface area contributed by atoms with Crippen LogP contribution in [0.15, 0.2) is 42.5 Å². The van der Waals surface area contributed by atoms with E-state index < -0.39 is 11.4 Å². The minimum atomic E-state index is -0.916. The van der Waals surface area contributed by atoms with Crippen LogP contribution in [0.2, 0.25) is 5.02 Å². The molecule has 0 aliphatic carbocycles. The Hall–Kier alpha value is -2.93. The van der Waals surface area contributed by atoms with Gasteiger partial charge in [0, 0.05) is 18.3 Å². The molecule has 0 radical (unpaired) electrons. The minimum absolute atomic E-state index is 0.0155. The summed E-state index contributed by atoms with van der Waals surface area (Å²) in [6.45, 7) is 3.93. The topological polar surface area (TPSA) is 50.2 Å². The van der Waals surface area contributed by atoms with Crippen LogP contribution < -0.4 is 5.32 Å². The quantitative estimate of drug-likeness (QED) is 0.658. The van der Waals surface area contributed by atoms with Crippen LogP contribution in [0.4, 0.5) is 20.3 Å². The summed E-state index contributed by atoms with van der Waals surface area (Å²) in [5.74, 6) is 0.210. The molecule has 4 rings (SSSR count). The SMILES string of the molecule is CN1Cc2nc(-c3ccc(F)cc3)c(Nc3ccc(Cl)c(F)c3)n2C(C)(C)C1=O. The van der Waals surface area contributed by atoms with Crippen LogP contribution in [-0.4, -0.2) is 27.4 Å². The van der Waals surface area contributed by atoms with Crippen molar-refractivity contribution in [3.63, 3.8) is 0 Å². The highest BCUT2D eigenvalue weighted by atomic mass is 35.5. The molecule has 1 amide bonds. The molecule has 0 unspecified atom stereocenters. The van der Waals surface area contributed by atoms with E-state index in [0.717, 1.165) is 0 Å². The second-order valence-electron chi connectivity index (χ2n) is 7.54. The average molecular weight is 417 g/mol. The number of amides is 1. The van der Waals surface area contributed by atoms with E-state index in [0.29, 0.717) is 35.1 Å². The average Bonchev–Trinajstić information content (AvgIpc) is 3.02. The number of imidazole rings is 1. The Balaban J connectivity index is 1.92. The molecular formula is C21H19ClF2N4O. The summed E-state index contributed by atoms with van der Waals surface area (Å²) in [5, 5.41) is 3.21. The first kappa shape index (κ1) is 19.4. The van der Waals surface area contributed by atoms with Crippen molar-refractivity contribution in [2.75, 3.05) is 12.4 Å². The number of benzene rings is 2. The van der Waals surface area contributed by atoms with Crippen molar-refractivity contribution in [1.29, 1.82) is 0 Å². The molecule has 8 heteroatoms. The van der Waals surface area contributed by atoms with Crippen molar-refractivity contribution in [2.45, 2.75) is 25.9 Å².